The maximum Gasteiger partial charge on any atom is 0.389 e. The van der Waals surface area contributed by atoms with Gasteiger partial charge in [-0.3, -0.25) is 0 Å². The van der Waals surface area contributed by atoms with Gasteiger partial charge in [-0.25, -0.2) is 0 Å². The minimum atomic E-state index is -4.02. The van der Waals surface area contributed by atoms with Crippen LogP contribution in [0.4, 0.5) is 13.2 Å². The summed E-state index contributed by atoms with van der Waals surface area (Å²) in [6.07, 6.45) is -3.04. The zero-order valence-electron chi connectivity index (χ0n) is 10.1. The van der Waals surface area contributed by atoms with Gasteiger partial charge in [0, 0.05) is 25.7 Å². The number of hydrogen-bond acceptors (Lipinski definition) is 2. The third-order valence-corrected chi connectivity index (χ3v) is 2.26. The predicted octanol–water partition coefficient (Wildman–Crippen LogP) is 3.12. The highest BCUT2D eigenvalue weighted by Crippen LogP contribution is 2.22. The molecule has 0 aromatic rings. The van der Waals surface area contributed by atoms with E-state index in [2.05, 4.69) is 5.32 Å². The lowest BCUT2D eigenvalue weighted by atomic mass is 10.1. The average Bonchev–Trinajstić information content (AvgIpc) is 2.15. The minimum Gasteiger partial charge on any atom is -0.382 e. The normalized spacial score (nSPS) is 14.1. The second-order valence-corrected chi connectivity index (χ2v) is 3.91. The van der Waals surface area contributed by atoms with Crippen molar-refractivity contribution in [3.8, 4) is 0 Å². The van der Waals surface area contributed by atoms with Gasteiger partial charge in [0.15, 0.2) is 0 Å². The Labute approximate surface area is 95.5 Å². The molecule has 0 aliphatic rings. The average molecular weight is 241 g/mol. The van der Waals surface area contributed by atoms with Gasteiger partial charge >= 0.3 is 6.18 Å². The molecule has 0 aliphatic carbocycles. The van der Waals surface area contributed by atoms with Gasteiger partial charge in [0.2, 0.25) is 0 Å². The van der Waals surface area contributed by atoms with E-state index in [0.717, 1.165) is 13.0 Å². The molecule has 0 saturated heterocycles. The highest BCUT2D eigenvalue weighted by molar-refractivity contribution is 4.62. The summed E-state index contributed by atoms with van der Waals surface area (Å²) in [7, 11) is 0. The molecular weight excluding hydrogens is 219 g/mol. The molecule has 0 saturated carbocycles. The van der Waals surface area contributed by atoms with Crippen molar-refractivity contribution in [2.24, 2.45) is 0 Å². The van der Waals surface area contributed by atoms with E-state index < -0.39 is 12.6 Å². The van der Waals surface area contributed by atoms with E-state index in [9.17, 15) is 13.2 Å². The maximum absolute atomic E-state index is 11.9. The van der Waals surface area contributed by atoms with Crippen LogP contribution < -0.4 is 5.32 Å². The molecule has 0 aliphatic heterocycles. The summed E-state index contributed by atoms with van der Waals surface area (Å²) in [6.45, 7) is 6.07. The molecule has 1 atom stereocenters. The molecule has 1 unspecified atom stereocenters. The summed E-state index contributed by atoms with van der Waals surface area (Å²) in [6, 6.07) is 0.143. The van der Waals surface area contributed by atoms with Crippen LogP contribution in [0.5, 0.6) is 0 Å². The summed E-state index contributed by atoms with van der Waals surface area (Å²) in [4.78, 5) is 0. The third-order valence-electron chi connectivity index (χ3n) is 2.26. The molecule has 0 bridgehead atoms. The topological polar surface area (TPSA) is 21.3 Å². The first kappa shape index (κ1) is 15.7. The van der Waals surface area contributed by atoms with Crippen molar-refractivity contribution in [1.82, 2.24) is 5.32 Å². The van der Waals surface area contributed by atoms with E-state index in [0.29, 0.717) is 19.6 Å². The summed E-state index contributed by atoms with van der Waals surface area (Å²) in [5.41, 5.74) is 0. The summed E-state index contributed by atoms with van der Waals surface area (Å²) >= 11 is 0. The van der Waals surface area contributed by atoms with Gasteiger partial charge in [0.25, 0.3) is 0 Å². The molecule has 0 aromatic carbocycles. The van der Waals surface area contributed by atoms with Gasteiger partial charge in [0.05, 0.1) is 0 Å². The van der Waals surface area contributed by atoms with Crippen LogP contribution in [0.2, 0.25) is 0 Å². The molecule has 16 heavy (non-hydrogen) atoms. The van der Waals surface area contributed by atoms with E-state index in [4.69, 9.17) is 4.74 Å². The van der Waals surface area contributed by atoms with Gasteiger partial charge in [0.1, 0.15) is 0 Å². The van der Waals surface area contributed by atoms with Crippen molar-refractivity contribution in [2.75, 3.05) is 19.8 Å². The number of rotatable bonds is 9. The van der Waals surface area contributed by atoms with E-state index >= 15 is 0 Å². The number of hydrogen-bond donors (Lipinski definition) is 1. The Balaban J connectivity index is 3.28. The van der Waals surface area contributed by atoms with Crippen molar-refractivity contribution >= 4 is 0 Å². The second kappa shape index (κ2) is 8.82. The van der Waals surface area contributed by atoms with E-state index in [1.165, 1.54) is 0 Å². The summed E-state index contributed by atoms with van der Waals surface area (Å²) < 4.78 is 40.7. The lowest BCUT2D eigenvalue weighted by Gasteiger charge is -2.14. The molecule has 5 heteroatoms. The summed E-state index contributed by atoms with van der Waals surface area (Å²) in [5, 5.41) is 3.18. The highest BCUT2D eigenvalue weighted by Gasteiger charge is 2.26. The molecule has 0 fully saturated rings. The zero-order valence-corrected chi connectivity index (χ0v) is 10.1. The van der Waals surface area contributed by atoms with Crippen molar-refractivity contribution in [1.29, 1.82) is 0 Å². The van der Waals surface area contributed by atoms with E-state index in [1.807, 2.05) is 13.8 Å². The number of alkyl halides is 3. The van der Waals surface area contributed by atoms with E-state index in [1.54, 1.807) is 0 Å². The van der Waals surface area contributed by atoms with E-state index in [-0.39, 0.29) is 12.5 Å². The maximum atomic E-state index is 11.9. The Morgan fingerprint density at radius 1 is 1.25 bits per heavy atom. The standard InChI is InChI=1S/C11H22F3NO/c1-3-16-9-5-8-15-10(2)6-4-7-11(12,13)14/h10,15H,3-9H2,1-2H3. The Bertz CT molecular complexity index is 162. The molecule has 0 heterocycles. The number of halogens is 3. The quantitative estimate of drug-likeness (QED) is 0.626. The third kappa shape index (κ3) is 11.8. The molecule has 0 rings (SSSR count). The molecule has 98 valence electrons. The smallest absolute Gasteiger partial charge is 0.382 e. The molecule has 1 N–H and O–H groups in total. The van der Waals surface area contributed by atoms with Gasteiger partial charge in [-0.15, -0.1) is 0 Å². The monoisotopic (exact) mass is 241 g/mol. The first-order valence-electron chi connectivity index (χ1n) is 5.83. The SMILES string of the molecule is CCOCCCNC(C)CCCC(F)(F)F. The lowest BCUT2D eigenvalue weighted by Crippen LogP contribution is -2.28. The first-order valence-corrected chi connectivity index (χ1v) is 5.83. The molecule has 0 aromatic heterocycles. The molecule has 0 spiro atoms. The van der Waals surface area contributed by atoms with Crippen LogP contribution in [0.15, 0.2) is 0 Å². The van der Waals surface area contributed by atoms with Crippen LogP contribution >= 0.6 is 0 Å². The Morgan fingerprint density at radius 2 is 1.94 bits per heavy atom. The Hall–Kier alpha value is -0.290. The largest absolute Gasteiger partial charge is 0.389 e. The van der Waals surface area contributed by atoms with Crippen LogP contribution in [0.25, 0.3) is 0 Å². The fraction of sp³-hybridized carbons (Fsp3) is 1.00. The highest BCUT2D eigenvalue weighted by atomic mass is 19.4. The molecule has 0 amide bonds. The van der Waals surface area contributed by atoms with Crippen LogP contribution in [-0.2, 0) is 4.74 Å². The lowest BCUT2D eigenvalue weighted by molar-refractivity contribution is -0.135. The second-order valence-electron chi connectivity index (χ2n) is 3.91. The van der Waals surface area contributed by atoms with Crippen molar-refractivity contribution in [2.45, 2.75) is 51.7 Å². The number of nitrogens with one attached hydrogen (secondary N) is 1. The fourth-order valence-electron chi connectivity index (χ4n) is 1.38. The predicted molar refractivity (Wildman–Crippen MR) is 58.5 cm³/mol. The molecule has 0 radical (unpaired) electrons. The Kier molecular flexibility index (Phi) is 8.66. The minimum absolute atomic E-state index is 0.143. The van der Waals surface area contributed by atoms with Gasteiger partial charge in [-0.1, -0.05) is 0 Å². The zero-order chi connectivity index (χ0) is 12.4. The first-order chi connectivity index (χ1) is 7.45. The van der Waals surface area contributed by atoms with Crippen molar-refractivity contribution < 1.29 is 17.9 Å². The van der Waals surface area contributed by atoms with Gasteiger partial charge in [-0.2, -0.15) is 13.2 Å². The van der Waals surface area contributed by atoms with Gasteiger partial charge in [-0.05, 0) is 39.7 Å². The van der Waals surface area contributed by atoms with Crippen LogP contribution in [0.3, 0.4) is 0 Å². The summed E-state index contributed by atoms with van der Waals surface area (Å²) in [5.74, 6) is 0. The van der Waals surface area contributed by atoms with Gasteiger partial charge < -0.3 is 10.1 Å². The van der Waals surface area contributed by atoms with Crippen LogP contribution in [0.1, 0.15) is 39.5 Å². The number of ether oxygens (including phenoxy) is 1. The van der Waals surface area contributed by atoms with Crippen LogP contribution in [0, 0.1) is 0 Å². The molecule has 2 nitrogen and oxygen atoms in total. The van der Waals surface area contributed by atoms with Crippen molar-refractivity contribution in [3.05, 3.63) is 0 Å². The van der Waals surface area contributed by atoms with Crippen molar-refractivity contribution in [3.63, 3.8) is 0 Å². The molecular formula is C11H22F3NO. The Morgan fingerprint density at radius 3 is 2.50 bits per heavy atom. The fourth-order valence-corrected chi connectivity index (χ4v) is 1.38. The van der Waals surface area contributed by atoms with Crippen LogP contribution in [-0.4, -0.2) is 32.0 Å².